The summed E-state index contributed by atoms with van der Waals surface area (Å²) in [6, 6.07) is 7.46. The normalized spacial score (nSPS) is 12.4. The second kappa shape index (κ2) is 8.15. The number of nitrogens with zero attached hydrogens (tertiary/aromatic N) is 3. The molecule has 148 valence electrons. The molecule has 0 spiro atoms. The highest BCUT2D eigenvalue weighted by Gasteiger charge is 2.10. The Kier molecular flexibility index (Phi) is 5.85. The fraction of sp³-hybridized carbons (Fsp3) is 0.278. The molecule has 0 saturated heterocycles. The molecule has 3 aromatic rings. The highest BCUT2D eigenvalue weighted by Crippen LogP contribution is 2.22. The molecule has 3 N–H and O–H groups in total. The molecule has 0 aliphatic heterocycles. The molecular weight excluding hydrogens is 400 g/mol. The Labute approximate surface area is 168 Å². The number of aromatic nitrogens is 3. The summed E-state index contributed by atoms with van der Waals surface area (Å²) in [6.45, 7) is 4.03. The van der Waals surface area contributed by atoms with Crippen LogP contribution in [0.15, 0.2) is 35.5 Å². The molecule has 8 nitrogen and oxygen atoms in total. The van der Waals surface area contributed by atoms with Crippen molar-refractivity contribution in [2.24, 2.45) is 4.99 Å². The van der Waals surface area contributed by atoms with Crippen molar-refractivity contribution >= 4 is 44.4 Å². The molecule has 28 heavy (non-hydrogen) atoms. The van der Waals surface area contributed by atoms with Crippen LogP contribution in [0.4, 0.5) is 5.95 Å². The number of benzene rings is 1. The van der Waals surface area contributed by atoms with E-state index in [1.807, 2.05) is 44.3 Å². The van der Waals surface area contributed by atoms with Crippen LogP contribution in [0.2, 0.25) is 5.02 Å². The molecule has 2 aromatic heterocycles. The molecule has 0 saturated carbocycles. The SMILES string of the molecule is Cc1cc(C)nc(NC(=NCCc2c[nH]c3ccc(Cl)cc23)NS(C)(=O)=O)n1. The Balaban J connectivity index is 1.79. The van der Waals surface area contributed by atoms with Crippen LogP contribution in [0.3, 0.4) is 0 Å². The van der Waals surface area contributed by atoms with Gasteiger partial charge in [0, 0.05) is 40.1 Å². The largest absolute Gasteiger partial charge is 0.361 e. The van der Waals surface area contributed by atoms with Gasteiger partial charge >= 0.3 is 0 Å². The van der Waals surface area contributed by atoms with Crippen molar-refractivity contribution in [1.29, 1.82) is 0 Å². The van der Waals surface area contributed by atoms with Crippen molar-refractivity contribution in [3.05, 3.63) is 52.4 Å². The third-order valence-corrected chi connectivity index (χ3v) is 4.67. The van der Waals surface area contributed by atoms with Crippen LogP contribution in [-0.2, 0) is 16.4 Å². The number of aryl methyl sites for hydroxylation is 2. The minimum atomic E-state index is -3.51. The predicted molar refractivity (Wildman–Crippen MR) is 112 cm³/mol. The lowest BCUT2D eigenvalue weighted by Crippen LogP contribution is -2.36. The Hall–Kier alpha value is -2.65. The fourth-order valence-corrected chi connectivity index (χ4v) is 3.45. The summed E-state index contributed by atoms with van der Waals surface area (Å²) in [5.74, 6) is 0.358. The van der Waals surface area contributed by atoms with Crippen molar-refractivity contribution < 1.29 is 8.42 Å². The Morgan fingerprint density at radius 2 is 1.93 bits per heavy atom. The van der Waals surface area contributed by atoms with Crippen LogP contribution in [0.1, 0.15) is 17.0 Å². The minimum absolute atomic E-state index is 0.0744. The predicted octanol–water partition coefficient (Wildman–Crippen LogP) is 2.79. The van der Waals surface area contributed by atoms with Gasteiger partial charge in [-0.1, -0.05) is 11.6 Å². The van der Waals surface area contributed by atoms with E-state index in [0.717, 1.165) is 34.1 Å². The summed E-state index contributed by atoms with van der Waals surface area (Å²) in [4.78, 5) is 16.1. The zero-order valence-electron chi connectivity index (χ0n) is 15.7. The van der Waals surface area contributed by atoms with Gasteiger partial charge in [0.15, 0.2) is 0 Å². The van der Waals surface area contributed by atoms with Gasteiger partial charge in [0.25, 0.3) is 0 Å². The number of hydrogen-bond donors (Lipinski definition) is 3. The number of halogens is 1. The van der Waals surface area contributed by atoms with E-state index in [0.29, 0.717) is 18.0 Å². The van der Waals surface area contributed by atoms with Gasteiger partial charge in [0.1, 0.15) is 0 Å². The lowest BCUT2D eigenvalue weighted by atomic mass is 10.1. The maximum absolute atomic E-state index is 11.7. The molecule has 2 heterocycles. The smallest absolute Gasteiger partial charge is 0.232 e. The van der Waals surface area contributed by atoms with Crippen molar-refractivity contribution in [1.82, 2.24) is 19.7 Å². The number of anilines is 1. The van der Waals surface area contributed by atoms with Crippen LogP contribution in [0, 0.1) is 13.8 Å². The molecular formula is C18H21ClN6O2S. The molecule has 0 radical (unpaired) electrons. The molecule has 0 aliphatic carbocycles. The first-order chi connectivity index (χ1) is 13.2. The fourth-order valence-electron chi connectivity index (χ4n) is 2.81. The second-order valence-electron chi connectivity index (χ2n) is 6.46. The lowest BCUT2D eigenvalue weighted by Gasteiger charge is -2.11. The van der Waals surface area contributed by atoms with Gasteiger partial charge in [-0.15, -0.1) is 0 Å². The number of H-pyrrole nitrogens is 1. The van der Waals surface area contributed by atoms with E-state index in [4.69, 9.17) is 11.6 Å². The Bertz CT molecular complexity index is 1120. The van der Waals surface area contributed by atoms with Gasteiger partial charge in [-0.2, -0.15) is 0 Å². The van der Waals surface area contributed by atoms with E-state index >= 15 is 0 Å². The van der Waals surface area contributed by atoms with Crippen LogP contribution in [-0.4, -0.2) is 42.1 Å². The van der Waals surface area contributed by atoms with Crippen molar-refractivity contribution in [2.75, 3.05) is 18.1 Å². The molecule has 3 rings (SSSR count). The number of rotatable bonds is 5. The van der Waals surface area contributed by atoms with Gasteiger partial charge in [0.2, 0.25) is 21.9 Å². The number of nitrogens with one attached hydrogen (secondary N) is 3. The van der Waals surface area contributed by atoms with Crippen LogP contribution < -0.4 is 10.0 Å². The molecule has 0 unspecified atom stereocenters. The minimum Gasteiger partial charge on any atom is -0.361 e. The van der Waals surface area contributed by atoms with Gasteiger partial charge in [-0.05, 0) is 50.1 Å². The Morgan fingerprint density at radius 1 is 1.21 bits per heavy atom. The summed E-state index contributed by atoms with van der Waals surface area (Å²) < 4.78 is 25.7. The number of fused-ring (bicyclic) bond motifs is 1. The summed E-state index contributed by atoms with van der Waals surface area (Å²) in [5, 5.41) is 4.53. The van der Waals surface area contributed by atoms with E-state index in [1.54, 1.807) is 0 Å². The first-order valence-electron chi connectivity index (χ1n) is 8.57. The molecule has 10 heteroatoms. The van der Waals surface area contributed by atoms with Crippen LogP contribution in [0.5, 0.6) is 0 Å². The average Bonchev–Trinajstić information content (AvgIpc) is 2.94. The zero-order valence-corrected chi connectivity index (χ0v) is 17.3. The topological polar surface area (TPSA) is 112 Å². The highest BCUT2D eigenvalue weighted by molar-refractivity contribution is 7.89. The van der Waals surface area contributed by atoms with Gasteiger partial charge in [0.05, 0.1) is 6.26 Å². The summed E-state index contributed by atoms with van der Waals surface area (Å²) in [6.07, 6.45) is 3.57. The average molecular weight is 421 g/mol. The van der Waals surface area contributed by atoms with Crippen molar-refractivity contribution in [3.8, 4) is 0 Å². The summed E-state index contributed by atoms with van der Waals surface area (Å²) in [7, 11) is -3.51. The standard InChI is InChI=1S/C18H21ClN6O2S/c1-11-8-12(2)23-18(22-11)24-17(25-28(3,26)27)20-7-6-13-10-21-16-5-4-14(19)9-15(13)16/h4-5,8-10,21H,6-7H2,1-3H3,(H2,20,22,23,24,25). The van der Waals surface area contributed by atoms with E-state index in [-0.39, 0.29) is 11.9 Å². The number of aliphatic imine (C=N–C) groups is 1. The van der Waals surface area contributed by atoms with E-state index in [1.165, 1.54) is 0 Å². The van der Waals surface area contributed by atoms with Crippen LogP contribution in [0.25, 0.3) is 10.9 Å². The van der Waals surface area contributed by atoms with E-state index in [2.05, 4.69) is 30.0 Å². The number of hydrogen-bond acceptors (Lipinski definition) is 5. The van der Waals surface area contributed by atoms with Gasteiger partial charge in [-0.3, -0.25) is 15.0 Å². The number of guanidine groups is 1. The molecule has 0 aliphatic rings. The summed E-state index contributed by atoms with van der Waals surface area (Å²) >= 11 is 6.08. The van der Waals surface area contributed by atoms with Crippen LogP contribution >= 0.6 is 11.6 Å². The molecule has 1 aromatic carbocycles. The highest BCUT2D eigenvalue weighted by atomic mass is 35.5. The quantitative estimate of drug-likeness (QED) is 0.434. The van der Waals surface area contributed by atoms with Crippen molar-refractivity contribution in [3.63, 3.8) is 0 Å². The van der Waals surface area contributed by atoms with E-state index in [9.17, 15) is 8.42 Å². The maximum Gasteiger partial charge on any atom is 0.232 e. The second-order valence-corrected chi connectivity index (χ2v) is 8.64. The third-order valence-electron chi connectivity index (χ3n) is 3.88. The third kappa shape index (κ3) is 5.43. The van der Waals surface area contributed by atoms with Gasteiger partial charge in [-0.25, -0.2) is 18.4 Å². The Morgan fingerprint density at radius 3 is 2.61 bits per heavy atom. The summed E-state index contributed by atoms with van der Waals surface area (Å²) in [5.41, 5.74) is 3.57. The number of sulfonamides is 1. The first kappa shape index (κ1) is 20.1. The molecule has 0 amide bonds. The van der Waals surface area contributed by atoms with Gasteiger partial charge < -0.3 is 4.98 Å². The lowest BCUT2D eigenvalue weighted by molar-refractivity contribution is 0.598. The monoisotopic (exact) mass is 420 g/mol. The first-order valence-corrected chi connectivity index (χ1v) is 10.8. The zero-order chi connectivity index (χ0) is 20.3. The van der Waals surface area contributed by atoms with E-state index < -0.39 is 10.0 Å². The molecule has 0 fully saturated rings. The maximum atomic E-state index is 11.7. The molecule has 0 atom stereocenters. The number of aromatic amines is 1. The molecule has 0 bridgehead atoms. The van der Waals surface area contributed by atoms with Crippen molar-refractivity contribution in [2.45, 2.75) is 20.3 Å².